The average molecular weight is 342 g/mol. The molecule has 1 aliphatic rings. The van der Waals surface area contributed by atoms with E-state index in [0.717, 1.165) is 5.46 Å². The molecule has 0 bridgehead atoms. The minimum atomic E-state index is -0.379. The number of nitrogens with zero attached hydrogens (tertiary/aromatic N) is 2. The zero-order valence-electron chi connectivity index (χ0n) is 15.7. The maximum Gasteiger partial charge on any atom is 0.498 e. The van der Waals surface area contributed by atoms with Crippen molar-refractivity contribution < 1.29 is 14.0 Å². The molecule has 0 spiro atoms. The number of aromatic nitrogens is 2. The Hall–Kier alpha value is -1.63. The van der Waals surface area contributed by atoms with E-state index in [9.17, 15) is 0 Å². The predicted molar refractivity (Wildman–Crippen MR) is 98.8 cm³/mol. The highest BCUT2D eigenvalue weighted by atomic mass is 16.7. The molecule has 0 amide bonds. The van der Waals surface area contributed by atoms with E-state index in [4.69, 9.17) is 14.0 Å². The van der Waals surface area contributed by atoms with E-state index in [0.29, 0.717) is 13.2 Å². The van der Waals surface area contributed by atoms with Crippen molar-refractivity contribution in [2.75, 3.05) is 6.61 Å². The molecule has 1 saturated heterocycles. The van der Waals surface area contributed by atoms with Crippen molar-refractivity contribution in [1.29, 1.82) is 0 Å². The van der Waals surface area contributed by atoms with Gasteiger partial charge in [0, 0.05) is 17.9 Å². The van der Waals surface area contributed by atoms with Gasteiger partial charge in [0.2, 0.25) is 0 Å². The normalized spacial score (nSPS) is 20.0. The molecule has 0 saturated carbocycles. The van der Waals surface area contributed by atoms with Crippen molar-refractivity contribution in [2.45, 2.75) is 58.5 Å². The smallest absolute Gasteiger partial charge is 0.399 e. The average Bonchev–Trinajstić information content (AvgIpc) is 3.12. The van der Waals surface area contributed by atoms with Gasteiger partial charge in [0.15, 0.2) is 0 Å². The van der Waals surface area contributed by atoms with Crippen molar-refractivity contribution in [1.82, 2.24) is 9.78 Å². The van der Waals surface area contributed by atoms with Gasteiger partial charge in [-0.1, -0.05) is 30.3 Å². The van der Waals surface area contributed by atoms with Crippen LogP contribution in [0, 0.1) is 0 Å². The Morgan fingerprint density at radius 2 is 1.76 bits per heavy atom. The van der Waals surface area contributed by atoms with Gasteiger partial charge in [-0.25, -0.2) is 0 Å². The quantitative estimate of drug-likeness (QED) is 0.757. The van der Waals surface area contributed by atoms with E-state index in [2.05, 4.69) is 51.9 Å². The summed E-state index contributed by atoms with van der Waals surface area (Å²) in [6.45, 7) is 11.5. The summed E-state index contributed by atoms with van der Waals surface area (Å²) in [5, 5.41) is 4.46. The molecule has 0 N–H and O–H groups in total. The number of ether oxygens (including phenoxy) is 1. The maximum atomic E-state index is 6.08. The van der Waals surface area contributed by atoms with Gasteiger partial charge < -0.3 is 14.0 Å². The van der Waals surface area contributed by atoms with Crippen LogP contribution in [0.3, 0.4) is 0 Å². The zero-order chi connectivity index (χ0) is 18.1. The molecule has 5 nitrogen and oxygen atoms in total. The summed E-state index contributed by atoms with van der Waals surface area (Å²) in [6.07, 6.45) is 3.80. The molecule has 0 radical (unpaired) electrons. The molecular weight excluding hydrogens is 315 g/mol. The van der Waals surface area contributed by atoms with Crippen molar-refractivity contribution in [2.24, 2.45) is 0 Å². The lowest BCUT2D eigenvalue weighted by atomic mass is 9.82. The van der Waals surface area contributed by atoms with Crippen molar-refractivity contribution in [3.05, 3.63) is 48.3 Å². The van der Waals surface area contributed by atoms with Crippen molar-refractivity contribution >= 4 is 12.6 Å². The first-order chi connectivity index (χ1) is 11.8. The first-order valence-corrected chi connectivity index (χ1v) is 8.80. The Balaban J connectivity index is 1.56. The molecule has 1 atom stereocenters. The molecule has 1 fully saturated rings. The predicted octanol–water partition coefficient (Wildman–Crippen LogP) is 2.96. The monoisotopic (exact) mass is 342 g/mol. The third kappa shape index (κ3) is 3.97. The molecule has 2 heterocycles. The molecule has 134 valence electrons. The van der Waals surface area contributed by atoms with E-state index in [1.54, 1.807) is 0 Å². The first kappa shape index (κ1) is 18.2. The van der Waals surface area contributed by atoms with Crippen LogP contribution < -0.4 is 5.46 Å². The fourth-order valence-electron chi connectivity index (χ4n) is 2.69. The molecule has 1 aromatic heterocycles. The lowest BCUT2D eigenvalue weighted by molar-refractivity contribution is 0.00578. The highest BCUT2D eigenvalue weighted by Crippen LogP contribution is 2.36. The van der Waals surface area contributed by atoms with Gasteiger partial charge in [0.05, 0.1) is 30.5 Å². The highest BCUT2D eigenvalue weighted by Gasteiger charge is 2.52. The second-order valence-corrected chi connectivity index (χ2v) is 7.69. The summed E-state index contributed by atoms with van der Waals surface area (Å²) < 4.78 is 19.9. The van der Waals surface area contributed by atoms with E-state index in [-0.39, 0.29) is 24.4 Å². The third-order valence-electron chi connectivity index (χ3n) is 5.07. The Kier molecular flexibility index (Phi) is 5.05. The van der Waals surface area contributed by atoms with Crippen LogP contribution in [-0.2, 0) is 20.7 Å². The molecular formula is C19H27BN2O3. The minimum absolute atomic E-state index is 0.139. The Bertz CT molecular complexity index is 684. The summed E-state index contributed by atoms with van der Waals surface area (Å²) in [6, 6.07) is 10.3. The number of rotatable bonds is 6. The molecule has 0 aliphatic carbocycles. The summed E-state index contributed by atoms with van der Waals surface area (Å²) in [5.41, 5.74) is 1.43. The molecule has 1 aromatic carbocycles. The van der Waals surface area contributed by atoms with E-state index in [1.165, 1.54) is 5.56 Å². The summed E-state index contributed by atoms with van der Waals surface area (Å²) in [4.78, 5) is 0. The number of hydrogen-bond donors (Lipinski definition) is 0. The minimum Gasteiger partial charge on any atom is -0.399 e. The van der Waals surface area contributed by atoms with Gasteiger partial charge in [-0.15, -0.1) is 0 Å². The molecule has 25 heavy (non-hydrogen) atoms. The van der Waals surface area contributed by atoms with Crippen LogP contribution in [0.25, 0.3) is 0 Å². The Labute approximate surface area is 150 Å². The fourth-order valence-corrected chi connectivity index (χ4v) is 2.69. The highest BCUT2D eigenvalue weighted by molar-refractivity contribution is 6.61. The second-order valence-electron chi connectivity index (χ2n) is 7.69. The van der Waals surface area contributed by atoms with Crippen molar-refractivity contribution in [3.63, 3.8) is 0 Å². The van der Waals surface area contributed by atoms with E-state index < -0.39 is 0 Å². The van der Waals surface area contributed by atoms with Crippen LogP contribution in [0.5, 0.6) is 0 Å². The molecule has 2 aromatic rings. The van der Waals surface area contributed by atoms with Crippen LogP contribution in [0.2, 0.25) is 0 Å². The summed E-state index contributed by atoms with van der Waals surface area (Å²) in [7, 11) is -0.379. The van der Waals surface area contributed by atoms with Crippen LogP contribution in [0.4, 0.5) is 0 Å². The van der Waals surface area contributed by atoms with Gasteiger partial charge in [0.1, 0.15) is 0 Å². The third-order valence-corrected chi connectivity index (χ3v) is 5.07. The van der Waals surface area contributed by atoms with Crippen LogP contribution >= 0.6 is 0 Å². The lowest BCUT2D eigenvalue weighted by Crippen LogP contribution is -2.41. The van der Waals surface area contributed by atoms with Crippen LogP contribution in [0.15, 0.2) is 42.7 Å². The topological polar surface area (TPSA) is 45.5 Å². The largest absolute Gasteiger partial charge is 0.498 e. The molecule has 1 unspecified atom stereocenters. The SMILES string of the molecule is CC(COCc1ccccc1)n1cc(B2OC(C)(C)C(C)(C)O2)cn1. The Morgan fingerprint density at radius 1 is 1.12 bits per heavy atom. The van der Waals surface area contributed by atoms with Crippen molar-refractivity contribution in [3.8, 4) is 0 Å². The summed E-state index contributed by atoms with van der Waals surface area (Å²) in [5.74, 6) is 0. The van der Waals surface area contributed by atoms with Gasteiger partial charge >= 0.3 is 7.12 Å². The van der Waals surface area contributed by atoms with Gasteiger partial charge in [-0.05, 0) is 40.2 Å². The number of benzene rings is 1. The molecule has 6 heteroatoms. The van der Waals surface area contributed by atoms with Gasteiger partial charge in [-0.3, -0.25) is 4.68 Å². The van der Waals surface area contributed by atoms with Gasteiger partial charge in [-0.2, -0.15) is 5.10 Å². The summed E-state index contributed by atoms with van der Waals surface area (Å²) >= 11 is 0. The first-order valence-electron chi connectivity index (χ1n) is 8.80. The standard InChI is InChI=1S/C19H27BN2O3/c1-15(13-23-14-16-9-7-6-8-10-16)22-12-17(11-21-22)20-24-18(2,3)19(4,5)25-20/h6-12,15H,13-14H2,1-5H3. The van der Waals surface area contributed by atoms with E-state index >= 15 is 0 Å². The van der Waals surface area contributed by atoms with Crippen LogP contribution in [0.1, 0.15) is 46.2 Å². The Morgan fingerprint density at radius 3 is 2.40 bits per heavy atom. The zero-order valence-corrected chi connectivity index (χ0v) is 15.7. The molecule has 1 aliphatic heterocycles. The van der Waals surface area contributed by atoms with Crippen LogP contribution in [-0.4, -0.2) is 34.7 Å². The maximum absolute atomic E-state index is 6.08. The van der Waals surface area contributed by atoms with E-state index in [1.807, 2.05) is 35.3 Å². The van der Waals surface area contributed by atoms with Gasteiger partial charge in [0.25, 0.3) is 0 Å². The number of hydrogen-bond acceptors (Lipinski definition) is 4. The second kappa shape index (κ2) is 6.94. The lowest BCUT2D eigenvalue weighted by Gasteiger charge is -2.32. The molecule has 3 rings (SSSR count). The fraction of sp³-hybridized carbons (Fsp3) is 0.526.